The molecule has 2 aliphatic heterocycles. The van der Waals surface area contributed by atoms with Crippen LogP contribution < -0.4 is 144 Å². The van der Waals surface area contributed by atoms with E-state index in [0.29, 0.717) is 131 Å². The van der Waals surface area contributed by atoms with Gasteiger partial charge in [0.15, 0.2) is 0 Å². The molecule has 2 saturated heterocycles. The van der Waals surface area contributed by atoms with Gasteiger partial charge in [0.25, 0.3) is 11.8 Å². The van der Waals surface area contributed by atoms with E-state index in [4.69, 9.17) is 62.1 Å². The van der Waals surface area contributed by atoms with E-state index in [1.54, 1.807) is 44.8 Å². The first-order valence-electron chi connectivity index (χ1n) is 26.1. The van der Waals surface area contributed by atoms with Crippen LogP contribution in [0, 0.1) is 10.8 Å². The fraction of sp³-hybridized carbons (Fsp3) is 0.569. The summed E-state index contributed by atoms with van der Waals surface area (Å²) in [5, 5.41) is 21.9. The first-order chi connectivity index (χ1) is 37.3. The number of halogens is 2. The topological polar surface area (TPSA) is 321 Å². The number of hydrogen-bond donors (Lipinski definition) is 6. The molecule has 2 aromatic carbocycles. The maximum Gasteiger partial charge on any atom is 1.00 e. The number of hydrogen-bond acceptors (Lipinski definition) is 19. The average molecular weight is 1230 g/mol. The molecule has 0 unspecified atom stereocenters. The SMILES string of the molecule is COc1ccc(CNc2nc(N3CCC4(CC4)C3)ncc2C(=O)NC2CCC(OP(=O)(O)O)CC2)cc1Cl.COc1ccc(CNc2nc(N3CCC4(CC4)C3)ncc2C(=O)NC2CCC(OP(=O)([O-])[O-])CC2)cc1Cl.C[O-].[Na+].[Na+].[Na+]. The number of carbonyl (C=O) groups is 2. The van der Waals surface area contributed by atoms with E-state index in [1.165, 1.54) is 25.7 Å². The van der Waals surface area contributed by atoms with Crippen LogP contribution in [0.3, 0.4) is 0 Å². The van der Waals surface area contributed by atoms with Crippen molar-refractivity contribution in [3.8, 4) is 11.5 Å². The molecule has 4 aliphatic carbocycles. The summed E-state index contributed by atoms with van der Waals surface area (Å²) >= 11 is 12.6. The molecule has 23 nitrogen and oxygen atoms in total. The molecule has 0 radical (unpaired) electrons. The Balaban J connectivity index is 0.000000279. The Morgan fingerprint density at radius 2 is 1.02 bits per heavy atom. The first kappa shape index (κ1) is 69.9. The Morgan fingerprint density at radius 3 is 1.35 bits per heavy atom. The van der Waals surface area contributed by atoms with Crippen LogP contribution in [0.1, 0.15) is 122 Å². The molecule has 4 heterocycles. The molecular formula is C51H67Cl2N10Na3O13P2. The number of aromatic nitrogens is 4. The van der Waals surface area contributed by atoms with E-state index in [1.807, 2.05) is 18.2 Å². The minimum atomic E-state index is -5.03. The maximum absolute atomic E-state index is 13.3. The Hall–Kier alpha value is -1.90. The van der Waals surface area contributed by atoms with Crippen molar-refractivity contribution in [1.82, 2.24) is 30.6 Å². The van der Waals surface area contributed by atoms with Gasteiger partial charge in [0.05, 0.1) is 44.3 Å². The number of amides is 2. The summed E-state index contributed by atoms with van der Waals surface area (Å²) in [5.41, 5.74) is 3.27. The van der Waals surface area contributed by atoms with Crippen molar-refractivity contribution in [2.45, 2.75) is 127 Å². The van der Waals surface area contributed by atoms with Gasteiger partial charge in [-0.3, -0.25) is 14.1 Å². The summed E-state index contributed by atoms with van der Waals surface area (Å²) < 4.78 is 41.9. The molecule has 2 spiro atoms. The summed E-state index contributed by atoms with van der Waals surface area (Å²) in [6, 6.07) is 10.7. The van der Waals surface area contributed by atoms with Crippen LogP contribution in [-0.4, -0.2) is 113 Å². The van der Waals surface area contributed by atoms with Crippen LogP contribution in [0.4, 0.5) is 23.5 Å². The minimum absolute atomic E-state index is 0. The molecule has 0 bridgehead atoms. The van der Waals surface area contributed by atoms with Crippen LogP contribution in [-0.2, 0) is 31.3 Å². The number of nitrogens with one attached hydrogen (secondary N) is 4. The van der Waals surface area contributed by atoms with Crippen LogP contribution >= 0.6 is 38.8 Å². The third kappa shape index (κ3) is 20.1. The fourth-order valence-corrected chi connectivity index (χ4v) is 12.3. The number of phosphoric ester groups is 2. The van der Waals surface area contributed by atoms with Crippen LogP contribution in [0.25, 0.3) is 0 Å². The monoisotopic (exact) mass is 1230 g/mol. The maximum atomic E-state index is 13.3. The normalized spacial score (nSPS) is 21.1. The Bertz CT molecular complexity index is 2670. The van der Waals surface area contributed by atoms with Crippen molar-refractivity contribution in [2.75, 3.05) is 67.9 Å². The molecule has 2 aromatic heterocycles. The number of benzene rings is 2. The molecule has 6 aliphatic rings. The fourth-order valence-electron chi connectivity index (χ4n) is 10.6. The number of methoxy groups -OCH3 is 2. The zero-order valence-electron chi connectivity index (χ0n) is 46.8. The van der Waals surface area contributed by atoms with Gasteiger partial charge in [-0.1, -0.05) is 35.3 Å². The second-order valence-electron chi connectivity index (χ2n) is 20.9. The number of carbonyl (C=O) groups excluding carboxylic acids is 2. The predicted molar refractivity (Wildman–Crippen MR) is 286 cm³/mol. The molecule has 2 amide bonds. The van der Waals surface area contributed by atoms with Gasteiger partial charge in [0, 0.05) is 63.7 Å². The number of phosphoric acid groups is 2. The van der Waals surface area contributed by atoms with E-state index in [-0.39, 0.29) is 113 Å². The van der Waals surface area contributed by atoms with Gasteiger partial charge in [0.1, 0.15) is 34.3 Å². The summed E-state index contributed by atoms with van der Waals surface area (Å²) in [7, 11) is -5.68. The molecule has 0 atom stereocenters. The zero-order chi connectivity index (χ0) is 55.8. The van der Waals surface area contributed by atoms with Crippen molar-refractivity contribution in [3.05, 3.63) is 81.1 Å². The van der Waals surface area contributed by atoms with Gasteiger partial charge < -0.3 is 74.3 Å². The van der Waals surface area contributed by atoms with E-state index in [2.05, 4.69) is 45.6 Å². The third-order valence-corrected chi connectivity index (χ3v) is 17.1. The van der Waals surface area contributed by atoms with E-state index in [0.717, 1.165) is 57.3 Å². The van der Waals surface area contributed by atoms with Crippen molar-refractivity contribution in [2.24, 2.45) is 10.8 Å². The summed E-state index contributed by atoms with van der Waals surface area (Å²) in [4.78, 5) is 89.4. The molecule has 4 aromatic rings. The summed E-state index contributed by atoms with van der Waals surface area (Å²) in [6.07, 6.45) is 12.9. The molecule has 426 valence electrons. The second-order valence-corrected chi connectivity index (χ2v) is 24.0. The van der Waals surface area contributed by atoms with Gasteiger partial charge >= 0.3 is 96.5 Å². The number of rotatable bonds is 18. The van der Waals surface area contributed by atoms with E-state index in [9.17, 15) is 28.5 Å². The Morgan fingerprint density at radius 1 is 0.642 bits per heavy atom. The molecule has 10 rings (SSSR count). The van der Waals surface area contributed by atoms with Crippen LogP contribution in [0.2, 0.25) is 10.0 Å². The Labute approximate surface area is 548 Å². The average Bonchev–Trinajstić information content (AvgIpc) is 4.48. The molecule has 4 saturated carbocycles. The minimum Gasteiger partial charge on any atom is -0.857 e. The molecule has 30 heteroatoms. The van der Waals surface area contributed by atoms with Gasteiger partial charge in [0.2, 0.25) is 11.9 Å². The smallest absolute Gasteiger partial charge is 0.857 e. The standard InChI is InChI=1S/2C25H33ClN5O6P.CH3O.3Na/c2*1-36-21-7-2-16(12-20(21)26)13-27-22-19(14-28-24(30-22)31-11-10-25(15-31)8-9-25)23(32)29-17-3-5-18(6-4-17)37-38(33,34)35;1-2;;;/h2*2,7,12,14,17-18H,3-6,8-11,13,15H2,1H3,(H,29,32)(H,27,28,30)(H2,33,34,35);1H3;;;/q;;-1;3*+1/p-2. The van der Waals surface area contributed by atoms with Crippen molar-refractivity contribution in [1.29, 1.82) is 0 Å². The number of ether oxygens (including phenoxy) is 2. The first-order valence-corrected chi connectivity index (χ1v) is 29.8. The molecular weight excluding hydrogens is 1160 g/mol. The molecule has 6 fully saturated rings. The Kier molecular flexibility index (Phi) is 26.9. The zero-order valence-corrected chi connectivity index (χ0v) is 56.1. The largest absolute Gasteiger partial charge is 1.00 e. The molecule has 81 heavy (non-hydrogen) atoms. The van der Waals surface area contributed by atoms with E-state index < -0.39 is 27.9 Å². The third-order valence-electron chi connectivity index (χ3n) is 15.3. The number of anilines is 4. The van der Waals surface area contributed by atoms with Gasteiger partial charge in [-0.2, -0.15) is 17.1 Å². The summed E-state index contributed by atoms with van der Waals surface area (Å²) in [6.45, 7) is 4.44. The summed E-state index contributed by atoms with van der Waals surface area (Å²) in [5.74, 6) is 2.61. The quantitative estimate of drug-likeness (QED) is 0.0416. The van der Waals surface area contributed by atoms with Crippen molar-refractivity contribution in [3.63, 3.8) is 0 Å². The van der Waals surface area contributed by atoms with Crippen molar-refractivity contribution < 1.29 is 151 Å². The van der Waals surface area contributed by atoms with Gasteiger partial charge in [-0.25, -0.2) is 14.5 Å². The number of nitrogens with zero attached hydrogens (tertiary/aromatic N) is 6. The van der Waals surface area contributed by atoms with Gasteiger partial charge in [-0.15, -0.1) is 0 Å². The van der Waals surface area contributed by atoms with Crippen molar-refractivity contribution >= 4 is 74.2 Å². The van der Waals surface area contributed by atoms with Crippen LogP contribution in [0.5, 0.6) is 11.5 Å². The van der Waals surface area contributed by atoms with Crippen LogP contribution in [0.15, 0.2) is 48.8 Å². The van der Waals surface area contributed by atoms with Gasteiger partial charge in [-0.05, 0) is 136 Å². The second kappa shape index (κ2) is 31.1. The van der Waals surface area contributed by atoms with E-state index >= 15 is 0 Å². The molecule has 6 N–H and O–H groups in total. The predicted octanol–water partition coefficient (Wildman–Crippen LogP) is -3.49.